The summed E-state index contributed by atoms with van der Waals surface area (Å²) in [5.41, 5.74) is -5.03. The zero-order valence-electron chi connectivity index (χ0n) is 56.3. The van der Waals surface area contributed by atoms with Crippen molar-refractivity contribution in [2.75, 3.05) is 0 Å². The van der Waals surface area contributed by atoms with Gasteiger partial charge in [-0.2, -0.15) is 20.3 Å². The Labute approximate surface area is 517 Å². The molecule has 486 valence electrons. The van der Waals surface area contributed by atoms with E-state index in [0.29, 0.717) is 51.4 Å². The van der Waals surface area contributed by atoms with Gasteiger partial charge in [0.2, 0.25) is 0 Å². The first-order chi connectivity index (χ1) is 40.1. The molecule has 86 heavy (non-hydrogen) atoms. The van der Waals surface area contributed by atoms with Gasteiger partial charge in [-0.1, -0.05) is 77.0 Å². The van der Waals surface area contributed by atoms with Crippen LogP contribution in [0.2, 0.25) is 0 Å². The summed E-state index contributed by atoms with van der Waals surface area (Å²) in [5.74, 6) is -3.20. The summed E-state index contributed by atoms with van der Waals surface area (Å²) >= 11 is 0. The smallest absolute Gasteiger partial charge is 0.339 e. The van der Waals surface area contributed by atoms with Gasteiger partial charge in [-0.05, 0) is 174 Å². The second kappa shape index (κ2) is 26.2. The number of hydroxylamine groups is 8. The molecule has 0 unspecified atom stereocenters. The largest absolute Gasteiger partial charge is 0.459 e. The quantitative estimate of drug-likeness (QED) is 0.114. The summed E-state index contributed by atoms with van der Waals surface area (Å²) in [5, 5.41) is 8.49. The first-order valence-electron chi connectivity index (χ1n) is 34.1. The predicted molar refractivity (Wildman–Crippen MR) is 332 cm³/mol. The first kappa shape index (κ1) is 67.2. The highest BCUT2D eigenvalue weighted by molar-refractivity contribution is 6.10. The molecule has 1 aromatic carbocycles. The van der Waals surface area contributed by atoms with Gasteiger partial charge < -0.3 is 18.9 Å². The van der Waals surface area contributed by atoms with Crippen molar-refractivity contribution >= 4 is 23.9 Å². The minimum absolute atomic E-state index is 0.122. The van der Waals surface area contributed by atoms with Gasteiger partial charge in [0, 0.05) is 95.7 Å². The van der Waals surface area contributed by atoms with Gasteiger partial charge in [-0.3, -0.25) is 19.4 Å². The Morgan fingerprint density at radius 2 is 0.419 bits per heavy atom. The number of benzene rings is 1. The molecule has 0 atom stereocenters. The van der Waals surface area contributed by atoms with Gasteiger partial charge in [-0.25, -0.2) is 19.2 Å². The lowest BCUT2D eigenvalue weighted by molar-refractivity contribution is -0.317. The van der Waals surface area contributed by atoms with Crippen LogP contribution in [-0.4, -0.2) is 137 Å². The normalized spacial score (nSPS) is 27.7. The van der Waals surface area contributed by atoms with E-state index in [1.54, 1.807) is 0 Å². The predicted octanol–water partition coefficient (Wildman–Crippen LogP) is 15.5. The van der Waals surface area contributed by atoms with Gasteiger partial charge in [0.25, 0.3) is 0 Å². The second-order valence-electron chi connectivity index (χ2n) is 32.8. The molecule has 16 heteroatoms. The molecule has 4 aliphatic heterocycles. The van der Waals surface area contributed by atoms with Crippen molar-refractivity contribution in [3.63, 3.8) is 0 Å². The van der Waals surface area contributed by atoms with Gasteiger partial charge in [0.15, 0.2) is 0 Å². The SMILES string of the molecule is CC1(C)CC(OC(=O)c2cc(C(=O)OC3CC(C)(C)N(OC4CCCCC4)C(C)(C)C3)c(C(=O)OC3CC(C)(C)N(OC4CCCCC4)C(C)(C)C3)cc2C(=O)OC2CC(C)(C)N(OC3CCCCC3)C(C)(C)C2)CC(C)(C)N1OC1CCCCC1. The molecule has 0 aromatic heterocycles. The van der Waals surface area contributed by atoms with E-state index in [9.17, 15) is 0 Å². The fourth-order valence-corrected chi connectivity index (χ4v) is 17.6. The molecule has 4 saturated carbocycles. The molecule has 1 aromatic rings. The van der Waals surface area contributed by atoms with E-state index in [1.807, 2.05) is 0 Å². The molecule has 4 saturated heterocycles. The summed E-state index contributed by atoms with van der Waals surface area (Å²) in [6.07, 6.45) is 23.7. The zero-order valence-corrected chi connectivity index (χ0v) is 56.3. The molecule has 4 aliphatic carbocycles. The standard InChI is InChI=1S/C70H114N4O12/c1-63(2)39-51(40-64(3,4)71(63)83-47-29-21-17-22-30-47)79-59(75)55-37-57(61(77)81-53-43-67(9,10)73(68(11,12)44-53)85-49-33-25-19-26-34-49)58(62(78)82-54-45-69(13,14)74(70(15,16)46-54)86-50-35-27-20-28-36-50)38-56(55)60(76)80-52-41-65(5,6)72(66(7,8)42-52)84-48-31-23-18-24-32-48/h37-38,47-54H,17-36,39-46H2,1-16H3. The Morgan fingerprint density at radius 1 is 0.267 bits per heavy atom. The van der Waals surface area contributed by atoms with Crippen LogP contribution in [0.25, 0.3) is 0 Å². The summed E-state index contributed by atoms with van der Waals surface area (Å²) < 4.78 is 26.4. The topological polar surface area (TPSA) is 155 Å². The fourth-order valence-electron chi connectivity index (χ4n) is 17.6. The Balaban J connectivity index is 1.07. The van der Waals surface area contributed by atoms with Gasteiger partial charge >= 0.3 is 23.9 Å². The number of rotatable bonds is 16. The monoisotopic (exact) mass is 1200 g/mol. The average molecular weight is 1200 g/mol. The molecule has 9 rings (SSSR count). The van der Waals surface area contributed by atoms with Crippen molar-refractivity contribution in [2.45, 2.75) is 384 Å². The molecule has 0 bridgehead atoms. The third-order valence-electron chi connectivity index (χ3n) is 20.6. The number of carbonyl (C=O) groups is 4. The highest BCUT2D eigenvalue weighted by Crippen LogP contribution is 2.47. The number of esters is 4. The molecule has 0 spiro atoms. The highest BCUT2D eigenvalue weighted by Gasteiger charge is 2.54. The summed E-state index contributed by atoms with van der Waals surface area (Å²) in [6.45, 7) is 33.9. The van der Waals surface area contributed by atoms with Crippen LogP contribution >= 0.6 is 0 Å². The lowest BCUT2D eigenvalue weighted by Gasteiger charge is -2.54. The van der Waals surface area contributed by atoms with Crippen molar-refractivity contribution < 1.29 is 57.5 Å². The third kappa shape index (κ3) is 15.7. The summed E-state index contributed by atoms with van der Waals surface area (Å²) in [7, 11) is 0. The minimum Gasteiger partial charge on any atom is -0.459 e. The number of nitrogens with zero attached hydrogens (tertiary/aromatic N) is 4. The van der Waals surface area contributed by atoms with Crippen molar-refractivity contribution in [2.24, 2.45) is 0 Å². The van der Waals surface area contributed by atoms with Crippen molar-refractivity contribution in [3.8, 4) is 0 Å². The molecule has 0 amide bonds. The van der Waals surface area contributed by atoms with Crippen LogP contribution in [0.15, 0.2) is 12.1 Å². The van der Waals surface area contributed by atoms with Crippen LogP contribution in [0.1, 0.15) is 332 Å². The Hall–Kier alpha value is -3.22. The first-order valence-corrected chi connectivity index (χ1v) is 34.1. The van der Waals surface area contributed by atoms with Crippen LogP contribution in [-0.2, 0) is 38.3 Å². The van der Waals surface area contributed by atoms with Crippen molar-refractivity contribution in [3.05, 3.63) is 34.4 Å². The van der Waals surface area contributed by atoms with Gasteiger partial charge in [-0.15, -0.1) is 0 Å². The second-order valence-corrected chi connectivity index (χ2v) is 32.8. The zero-order chi connectivity index (χ0) is 62.4. The third-order valence-corrected chi connectivity index (χ3v) is 20.6. The van der Waals surface area contributed by atoms with E-state index >= 15 is 19.2 Å². The van der Waals surface area contributed by atoms with Gasteiger partial charge in [0.05, 0.1) is 46.7 Å². The van der Waals surface area contributed by atoms with Crippen LogP contribution < -0.4 is 0 Å². The molecule has 8 aliphatic rings. The van der Waals surface area contributed by atoms with E-state index in [1.165, 1.54) is 37.8 Å². The van der Waals surface area contributed by atoms with Crippen LogP contribution in [0, 0.1) is 0 Å². The number of piperidine rings is 4. The molecular formula is C70H114N4O12. The summed E-state index contributed by atoms with van der Waals surface area (Å²) in [4.78, 5) is 89.0. The number of hydrogen-bond acceptors (Lipinski definition) is 16. The van der Waals surface area contributed by atoms with Crippen LogP contribution in [0.4, 0.5) is 0 Å². The maximum Gasteiger partial charge on any atom is 0.339 e. The molecule has 16 nitrogen and oxygen atoms in total. The molecule has 8 fully saturated rings. The molecule has 0 N–H and O–H groups in total. The molecule has 4 heterocycles. The van der Waals surface area contributed by atoms with Crippen LogP contribution in [0.3, 0.4) is 0 Å². The highest BCUT2D eigenvalue weighted by atomic mass is 16.7. The van der Waals surface area contributed by atoms with Crippen molar-refractivity contribution in [1.29, 1.82) is 0 Å². The minimum atomic E-state index is -0.801. The molecule has 0 radical (unpaired) electrons. The number of ether oxygens (including phenoxy) is 4. The van der Waals surface area contributed by atoms with E-state index in [2.05, 4.69) is 131 Å². The fraction of sp³-hybridized carbons (Fsp3) is 0.857. The van der Waals surface area contributed by atoms with E-state index in [-0.39, 0.29) is 46.7 Å². The Morgan fingerprint density at radius 3 is 0.570 bits per heavy atom. The maximum atomic E-state index is 15.4. The maximum absolute atomic E-state index is 15.4. The van der Waals surface area contributed by atoms with Gasteiger partial charge in [0.1, 0.15) is 24.4 Å². The molecular weight excluding hydrogens is 1090 g/mol. The van der Waals surface area contributed by atoms with Crippen molar-refractivity contribution in [1.82, 2.24) is 20.3 Å². The van der Waals surface area contributed by atoms with E-state index in [0.717, 1.165) is 103 Å². The number of carbonyl (C=O) groups excluding carboxylic acids is 4. The Kier molecular flexibility index (Phi) is 20.4. The Bertz CT molecular complexity index is 2120. The lowest BCUT2D eigenvalue weighted by atomic mass is 9.80. The van der Waals surface area contributed by atoms with Crippen LogP contribution in [0.5, 0.6) is 0 Å². The average Bonchev–Trinajstić information content (AvgIpc) is 0.994. The lowest BCUT2D eigenvalue weighted by Crippen LogP contribution is -2.63. The number of hydrogen-bond donors (Lipinski definition) is 0. The summed E-state index contributed by atoms with van der Waals surface area (Å²) in [6, 6.07) is 2.69. The van der Waals surface area contributed by atoms with E-state index in [4.69, 9.17) is 38.3 Å². The van der Waals surface area contributed by atoms with E-state index < -0.39 is 92.6 Å².